The second kappa shape index (κ2) is 6.12. The number of rotatable bonds is 4. The van der Waals surface area contributed by atoms with Gasteiger partial charge in [0.25, 0.3) is 0 Å². The Bertz CT molecular complexity index is 239. The Labute approximate surface area is 95.2 Å². The number of hydrogen-bond donors (Lipinski definition) is 2. The predicted molar refractivity (Wildman–Crippen MR) is 59.8 cm³/mol. The Kier molecular flexibility index (Phi) is 5.11. The summed E-state index contributed by atoms with van der Waals surface area (Å²) >= 11 is 4.17. The largest absolute Gasteiger partial charge is 0.392 e. The molecule has 0 bridgehead atoms. The van der Waals surface area contributed by atoms with Crippen LogP contribution < -0.4 is 5.32 Å². The molecule has 0 aromatic heterocycles. The molecule has 1 N–H and O–H groups in total. The van der Waals surface area contributed by atoms with Crippen LogP contribution in [-0.2, 0) is 14.3 Å². The molecule has 1 aliphatic rings. The Morgan fingerprint density at radius 3 is 2.87 bits per heavy atom. The molecule has 1 aliphatic heterocycles. The Morgan fingerprint density at radius 2 is 2.33 bits per heavy atom. The van der Waals surface area contributed by atoms with E-state index in [0.717, 1.165) is 25.8 Å². The van der Waals surface area contributed by atoms with Crippen molar-refractivity contribution in [1.82, 2.24) is 5.32 Å². The molecular weight excluding hydrogens is 214 g/mol. The maximum Gasteiger partial charge on any atom is 0.330 e. The van der Waals surface area contributed by atoms with Crippen molar-refractivity contribution in [2.75, 3.05) is 6.54 Å². The van der Waals surface area contributed by atoms with Gasteiger partial charge < -0.3 is 10.1 Å². The van der Waals surface area contributed by atoms with Crippen LogP contribution >= 0.6 is 12.6 Å². The number of ether oxygens (including phenoxy) is 1. The maximum absolute atomic E-state index is 11.4. The highest BCUT2D eigenvalue weighted by molar-refractivity contribution is 7.81. The van der Waals surface area contributed by atoms with Crippen LogP contribution in [0.25, 0.3) is 0 Å². The van der Waals surface area contributed by atoms with Gasteiger partial charge in [0.05, 0.1) is 6.42 Å². The molecule has 86 valence electrons. The van der Waals surface area contributed by atoms with Gasteiger partial charge in [0, 0.05) is 5.25 Å². The number of nitrogens with one attached hydrogen (secondary N) is 1. The molecule has 15 heavy (non-hydrogen) atoms. The second-order valence-electron chi connectivity index (χ2n) is 3.71. The van der Waals surface area contributed by atoms with E-state index in [2.05, 4.69) is 17.9 Å². The van der Waals surface area contributed by atoms with Gasteiger partial charge in [-0.1, -0.05) is 6.92 Å². The van der Waals surface area contributed by atoms with Crippen molar-refractivity contribution in [3.05, 3.63) is 0 Å². The van der Waals surface area contributed by atoms with Crippen molar-refractivity contribution in [1.29, 1.82) is 0 Å². The molecule has 0 radical (unpaired) electrons. The zero-order chi connectivity index (χ0) is 11.3. The van der Waals surface area contributed by atoms with Crippen molar-refractivity contribution in [3.63, 3.8) is 0 Å². The lowest BCUT2D eigenvalue weighted by molar-refractivity contribution is -0.160. The van der Waals surface area contributed by atoms with Crippen LogP contribution in [-0.4, -0.2) is 29.8 Å². The van der Waals surface area contributed by atoms with Crippen LogP contribution in [0.2, 0.25) is 0 Å². The third kappa shape index (κ3) is 4.22. The third-order valence-corrected chi connectivity index (χ3v) is 2.98. The van der Waals surface area contributed by atoms with Gasteiger partial charge in [-0.25, -0.2) is 4.79 Å². The molecule has 0 aromatic carbocycles. The molecule has 0 saturated carbocycles. The lowest BCUT2D eigenvalue weighted by atomic mass is 10.2. The van der Waals surface area contributed by atoms with Crippen molar-refractivity contribution < 1.29 is 14.3 Å². The van der Waals surface area contributed by atoms with Crippen LogP contribution in [0.1, 0.15) is 32.6 Å². The molecule has 0 aliphatic carbocycles. The van der Waals surface area contributed by atoms with E-state index < -0.39 is 11.9 Å². The topological polar surface area (TPSA) is 55.4 Å². The van der Waals surface area contributed by atoms with Crippen LogP contribution in [0.3, 0.4) is 0 Å². The van der Waals surface area contributed by atoms with E-state index in [0.29, 0.717) is 0 Å². The number of esters is 2. The SMILES string of the molecule is CCC(S)CC(=O)OC(=O)[C@@H]1CCCN1. The first-order valence-electron chi connectivity index (χ1n) is 5.29. The molecule has 0 amide bonds. The summed E-state index contributed by atoms with van der Waals surface area (Å²) in [5.74, 6) is -0.926. The number of carbonyl (C=O) groups excluding carboxylic acids is 2. The first-order chi connectivity index (χ1) is 7.13. The zero-order valence-electron chi connectivity index (χ0n) is 8.86. The quantitative estimate of drug-likeness (QED) is 0.429. The lowest BCUT2D eigenvalue weighted by Crippen LogP contribution is -2.34. The minimum Gasteiger partial charge on any atom is -0.392 e. The Balaban J connectivity index is 2.27. The van der Waals surface area contributed by atoms with Crippen LogP contribution in [0.5, 0.6) is 0 Å². The highest BCUT2D eigenvalue weighted by Gasteiger charge is 2.25. The Hall–Kier alpha value is -0.550. The van der Waals surface area contributed by atoms with Crippen LogP contribution in [0.15, 0.2) is 0 Å². The van der Waals surface area contributed by atoms with E-state index in [4.69, 9.17) is 4.74 Å². The second-order valence-corrected chi connectivity index (χ2v) is 4.44. The molecular formula is C10H17NO3S. The van der Waals surface area contributed by atoms with E-state index >= 15 is 0 Å². The number of carbonyl (C=O) groups is 2. The van der Waals surface area contributed by atoms with Crippen molar-refractivity contribution >= 4 is 24.6 Å². The average molecular weight is 231 g/mol. The first kappa shape index (κ1) is 12.5. The summed E-state index contributed by atoms with van der Waals surface area (Å²) in [6, 6.07) is -0.297. The van der Waals surface area contributed by atoms with E-state index in [1.165, 1.54) is 0 Å². The van der Waals surface area contributed by atoms with Gasteiger partial charge in [-0.05, 0) is 25.8 Å². The molecule has 1 heterocycles. The van der Waals surface area contributed by atoms with Gasteiger partial charge in [-0.15, -0.1) is 0 Å². The molecule has 4 nitrogen and oxygen atoms in total. The van der Waals surface area contributed by atoms with E-state index in [1.54, 1.807) is 0 Å². The fourth-order valence-corrected chi connectivity index (χ4v) is 1.60. The van der Waals surface area contributed by atoms with Gasteiger partial charge in [0.1, 0.15) is 6.04 Å². The van der Waals surface area contributed by atoms with Gasteiger partial charge >= 0.3 is 11.9 Å². The average Bonchev–Trinajstić information content (AvgIpc) is 2.70. The summed E-state index contributed by atoms with van der Waals surface area (Å²) in [5.41, 5.74) is 0. The summed E-state index contributed by atoms with van der Waals surface area (Å²) in [5, 5.41) is 2.96. The van der Waals surface area contributed by atoms with Crippen molar-refractivity contribution in [2.45, 2.75) is 43.9 Å². The maximum atomic E-state index is 11.4. The van der Waals surface area contributed by atoms with E-state index in [1.807, 2.05) is 6.92 Å². The number of thiol groups is 1. The zero-order valence-corrected chi connectivity index (χ0v) is 9.76. The fourth-order valence-electron chi connectivity index (χ4n) is 1.45. The Morgan fingerprint density at radius 1 is 1.60 bits per heavy atom. The smallest absolute Gasteiger partial charge is 0.330 e. The summed E-state index contributed by atoms with van der Waals surface area (Å²) in [4.78, 5) is 22.7. The molecule has 2 atom stereocenters. The van der Waals surface area contributed by atoms with Crippen molar-refractivity contribution in [2.24, 2.45) is 0 Å². The summed E-state index contributed by atoms with van der Waals surface area (Å²) in [6.07, 6.45) is 2.69. The number of hydrogen-bond acceptors (Lipinski definition) is 5. The fraction of sp³-hybridized carbons (Fsp3) is 0.800. The van der Waals surface area contributed by atoms with Crippen molar-refractivity contribution in [3.8, 4) is 0 Å². The summed E-state index contributed by atoms with van der Waals surface area (Å²) in [7, 11) is 0. The molecule has 1 unspecified atom stereocenters. The molecule has 5 heteroatoms. The molecule has 0 aromatic rings. The van der Waals surface area contributed by atoms with Crippen LogP contribution in [0, 0.1) is 0 Å². The van der Waals surface area contributed by atoms with Gasteiger partial charge in [0.15, 0.2) is 0 Å². The minimum absolute atomic E-state index is 0.0261. The summed E-state index contributed by atoms with van der Waals surface area (Å²) < 4.78 is 4.72. The summed E-state index contributed by atoms with van der Waals surface area (Å²) in [6.45, 7) is 2.75. The molecule has 0 spiro atoms. The highest BCUT2D eigenvalue weighted by Crippen LogP contribution is 2.10. The molecule has 1 fully saturated rings. The van der Waals surface area contributed by atoms with Gasteiger partial charge in [-0.2, -0.15) is 12.6 Å². The monoisotopic (exact) mass is 231 g/mol. The van der Waals surface area contributed by atoms with E-state index in [-0.39, 0.29) is 17.7 Å². The van der Waals surface area contributed by atoms with E-state index in [9.17, 15) is 9.59 Å². The lowest BCUT2D eigenvalue weighted by Gasteiger charge is -2.10. The first-order valence-corrected chi connectivity index (χ1v) is 5.81. The minimum atomic E-state index is -0.476. The molecule has 1 rings (SSSR count). The van der Waals surface area contributed by atoms with Crippen LogP contribution in [0.4, 0.5) is 0 Å². The van der Waals surface area contributed by atoms with Gasteiger partial charge in [-0.3, -0.25) is 4.79 Å². The third-order valence-electron chi connectivity index (χ3n) is 2.43. The predicted octanol–water partition coefficient (Wildman–Crippen LogP) is 0.907. The van der Waals surface area contributed by atoms with Gasteiger partial charge in [0.2, 0.25) is 0 Å². The normalized spacial score (nSPS) is 22.4. The highest BCUT2D eigenvalue weighted by atomic mass is 32.1. The standard InChI is InChI=1S/C10H17NO3S/c1-2-7(15)6-9(12)14-10(13)8-4-3-5-11-8/h7-8,11,15H,2-6H2,1H3/t7?,8-/m0/s1. The molecule has 1 saturated heterocycles.